The van der Waals surface area contributed by atoms with Gasteiger partial charge in [-0.2, -0.15) is 4.31 Å². The number of ether oxygens (including phenoxy) is 1. The van der Waals surface area contributed by atoms with E-state index in [-0.39, 0.29) is 11.4 Å². The fourth-order valence-corrected chi connectivity index (χ4v) is 3.26. The lowest BCUT2D eigenvalue weighted by molar-refractivity contribution is -0.274. The molecule has 1 aromatic carbocycles. The van der Waals surface area contributed by atoms with E-state index >= 15 is 0 Å². The van der Waals surface area contributed by atoms with Gasteiger partial charge in [0, 0.05) is 19.2 Å². The summed E-state index contributed by atoms with van der Waals surface area (Å²) >= 11 is 0. The fraction of sp³-hybridized carbons (Fsp3) is 0.500. The summed E-state index contributed by atoms with van der Waals surface area (Å²) in [7, 11) is -3.81. The van der Waals surface area contributed by atoms with Crippen LogP contribution in [0.15, 0.2) is 29.2 Å². The van der Waals surface area contributed by atoms with Gasteiger partial charge in [-0.05, 0) is 18.6 Å². The van der Waals surface area contributed by atoms with E-state index in [9.17, 15) is 21.6 Å². The number of rotatable bonds is 6. The minimum atomic E-state index is -4.85. The summed E-state index contributed by atoms with van der Waals surface area (Å²) in [4.78, 5) is -0.213. The molecule has 0 fully saturated rings. The molecule has 0 radical (unpaired) electrons. The summed E-state index contributed by atoms with van der Waals surface area (Å²) in [5, 5.41) is 0. The van der Waals surface area contributed by atoms with Gasteiger partial charge in [0.2, 0.25) is 10.0 Å². The lowest BCUT2D eigenvalue weighted by Crippen LogP contribution is -2.31. The van der Waals surface area contributed by atoms with Crippen molar-refractivity contribution >= 4 is 10.0 Å². The third kappa shape index (κ3) is 4.38. The molecule has 0 aliphatic heterocycles. The van der Waals surface area contributed by atoms with Crippen LogP contribution in [0.1, 0.15) is 20.3 Å². The Labute approximate surface area is 116 Å². The first-order valence-corrected chi connectivity index (χ1v) is 7.50. The second kappa shape index (κ2) is 6.45. The highest BCUT2D eigenvalue weighted by molar-refractivity contribution is 7.89. The monoisotopic (exact) mass is 311 g/mol. The maximum absolute atomic E-state index is 12.3. The number of nitrogens with zero attached hydrogens (tertiary/aromatic N) is 1. The van der Waals surface area contributed by atoms with Crippen LogP contribution < -0.4 is 4.74 Å². The highest BCUT2D eigenvalue weighted by atomic mass is 32.2. The molecule has 0 bridgehead atoms. The van der Waals surface area contributed by atoms with Gasteiger partial charge >= 0.3 is 6.36 Å². The molecular formula is C12H16F3NO3S. The quantitative estimate of drug-likeness (QED) is 0.811. The molecule has 1 aromatic rings. The lowest BCUT2D eigenvalue weighted by Gasteiger charge is -2.20. The number of sulfonamides is 1. The fourth-order valence-electron chi connectivity index (χ4n) is 1.68. The van der Waals surface area contributed by atoms with Crippen molar-refractivity contribution in [1.29, 1.82) is 0 Å². The summed E-state index contributed by atoms with van der Waals surface area (Å²) in [6.45, 7) is 4.05. The first-order valence-electron chi connectivity index (χ1n) is 6.06. The van der Waals surface area contributed by atoms with Gasteiger partial charge in [-0.15, -0.1) is 13.2 Å². The molecule has 0 saturated heterocycles. The average molecular weight is 311 g/mol. The Hall–Kier alpha value is -1.28. The number of halogens is 3. The molecule has 0 saturated carbocycles. The van der Waals surface area contributed by atoms with Crippen molar-refractivity contribution in [2.75, 3.05) is 13.1 Å². The molecule has 0 aliphatic rings. The zero-order chi connectivity index (χ0) is 15.4. The van der Waals surface area contributed by atoms with E-state index in [2.05, 4.69) is 4.74 Å². The average Bonchev–Trinajstić information content (AvgIpc) is 2.34. The third-order valence-corrected chi connectivity index (χ3v) is 4.47. The minimum Gasteiger partial charge on any atom is -0.406 e. The predicted molar refractivity (Wildman–Crippen MR) is 67.8 cm³/mol. The van der Waals surface area contributed by atoms with E-state index in [1.54, 1.807) is 6.92 Å². The van der Waals surface area contributed by atoms with Gasteiger partial charge in [0.25, 0.3) is 0 Å². The smallest absolute Gasteiger partial charge is 0.406 e. The van der Waals surface area contributed by atoms with E-state index < -0.39 is 22.1 Å². The largest absolute Gasteiger partial charge is 0.573 e. The zero-order valence-corrected chi connectivity index (χ0v) is 12.0. The topological polar surface area (TPSA) is 46.6 Å². The molecule has 0 aromatic heterocycles. The molecule has 4 nitrogen and oxygen atoms in total. The molecule has 114 valence electrons. The van der Waals surface area contributed by atoms with Crippen molar-refractivity contribution in [2.45, 2.75) is 31.5 Å². The molecule has 0 heterocycles. The molecule has 0 aliphatic carbocycles. The normalized spacial score (nSPS) is 12.7. The van der Waals surface area contributed by atoms with Gasteiger partial charge in [-0.25, -0.2) is 8.42 Å². The second-order valence-electron chi connectivity index (χ2n) is 4.02. The highest BCUT2D eigenvalue weighted by Gasteiger charge is 2.32. The number of alkyl halides is 3. The van der Waals surface area contributed by atoms with Crippen LogP contribution in [-0.2, 0) is 10.0 Å². The van der Waals surface area contributed by atoms with Crippen LogP contribution in [-0.4, -0.2) is 32.2 Å². The van der Waals surface area contributed by atoms with Crippen LogP contribution in [0.25, 0.3) is 0 Å². The molecule has 8 heteroatoms. The molecule has 0 atom stereocenters. The Kier molecular flexibility index (Phi) is 5.41. The van der Waals surface area contributed by atoms with E-state index in [1.807, 2.05) is 6.92 Å². The molecular weight excluding hydrogens is 295 g/mol. The summed E-state index contributed by atoms with van der Waals surface area (Å²) in [5.41, 5.74) is 0. The van der Waals surface area contributed by atoms with E-state index in [0.717, 1.165) is 12.1 Å². The first kappa shape index (κ1) is 16.8. The summed E-state index contributed by atoms with van der Waals surface area (Å²) < 4.78 is 65.9. The lowest BCUT2D eigenvalue weighted by atomic mass is 10.3. The van der Waals surface area contributed by atoms with Crippen molar-refractivity contribution in [3.05, 3.63) is 24.3 Å². The van der Waals surface area contributed by atoms with Gasteiger partial charge in [-0.1, -0.05) is 19.9 Å². The van der Waals surface area contributed by atoms with Gasteiger partial charge in [0.15, 0.2) is 0 Å². The van der Waals surface area contributed by atoms with E-state index in [1.165, 1.54) is 16.4 Å². The van der Waals surface area contributed by atoms with Crippen LogP contribution in [0.4, 0.5) is 13.2 Å². The van der Waals surface area contributed by atoms with Crippen molar-refractivity contribution in [1.82, 2.24) is 4.31 Å². The van der Waals surface area contributed by atoms with Gasteiger partial charge < -0.3 is 4.74 Å². The highest BCUT2D eigenvalue weighted by Crippen LogP contribution is 2.26. The summed E-state index contributed by atoms with van der Waals surface area (Å²) in [6, 6.07) is 4.40. The molecule has 0 amide bonds. The van der Waals surface area contributed by atoms with Crippen LogP contribution in [0, 0.1) is 0 Å². The number of hydrogen-bond donors (Lipinski definition) is 0. The SMILES string of the molecule is CCCN(CC)S(=O)(=O)c1cccc(OC(F)(F)F)c1. The van der Waals surface area contributed by atoms with Crippen molar-refractivity contribution in [3.63, 3.8) is 0 Å². The van der Waals surface area contributed by atoms with Crippen LogP contribution in [0.2, 0.25) is 0 Å². The van der Waals surface area contributed by atoms with Crippen molar-refractivity contribution in [2.24, 2.45) is 0 Å². The summed E-state index contributed by atoms with van der Waals surface area (Å²) in [6.07, 6.45) is -4.23. The molecule has 20 heavy (non-hydrogen) atoms. The Morgan fingerprint density at radius 1 is 1.25 bits per heavy atom. The third-order valence-electron chi connectivity index (χ3n) is 2.50. The van der Waals surface area contributed by atoms with Crippen molar-refractivity contribution in [3.8, 4) is 5.75 Å². The Bertz CT molecular complexity index is 543. The van der Waals surface area contributed by atoms with Crippen LogP contribution in [0.3, 0.4) is 0 Å². The molecule has 0 unspecified atom stereocenters. The van der Waals surface area contributed by atoms with Gasteiger partial charge in [0.1, 0.15) is 5.75 Å². The van der Waals surface area contributed by atoms with E-state index in [0.29, 0.717) is 13.0 Å². The standard InChI is InChI=1S/C12H16F3NO3S/c1-3-8-16(4-2)20(17,18)11-7-5-6-10(9-11)19-12(13,14)15/h5-7,9H,3-4,8H2,1-2H3. The first-order chi connectivity index (χ1) is 9.20. The maximum atomic E-state index is 12.3. The predicted octanol–water partition coefficient (Wildman–Crippen LogP) is 3.01. The Morgan fingerprint density at radius 2 is 1.90 bits per heavy atom. The minimum absolute atomic E-state index is 0.213. The number of hydrogen-bond acceptors (Lipinski definition) is 3. The molecule has 1 rings (SSSR count). The zero-order valence-electron chi connectivity index (χ0n) is 11.1. The Balaban J connectivity index is 3.10. The van der Waals surface area contributed by atoms with Crippen LogP contribution >= 0.6 is 0 Å². The van der Waals surface area contributed by atoms with Crippen molar-refractivity contribution < 1.29 is 26.3 Å². The molecule has 0 N–H and O–H groups in total. The van der Waals surface area contributed by atoms with E-state index in [4.69, 9.17) is 0 Å². The maximum Gasteiger partial charge on any atom is 0.573 e. The Morgan fingerprint density at radius 3 is 2.40 bits per heavy atom. The summed E-state index contributed by atoms with van der Waals surface area (Å²) in [5.74, 6) is -0.550. The number of benzene rings is 1. The molecule has 0 spiro atoms. The second-order valence-corrected chi connectivity index (χ2v) is 5.96. The van der Waals surface area contributed by atoms with Crippen LogP contribution in [0.5, 0.6) is 5.75 Å². The van der Waals surface area contributed by atoms with Gasteiger partial charge in [-0.3, -0.25) is 0 Å². The van der Waals surface area contributed by atoms with Gasteiger partial charge in [0.05, 0.1) is 4.90 Å².